The van der Waals surface area contributed by atoms with E-state index in [-0.39, 0.29) is 0 Å². The van der Waals surface area contributed by atoms with Gasteiger partial charge in [-0.15, -0.1) is 11.6 Å². The summed E-state index contributed by atoms with van der Waals surface area (Å²) in [5.74, 6) is 0.924. The van der Waals surface area contributed by atoms with Crippen molar-refractivity contribution in [2.75, 3.05) is 19.7 Å². The standard InChI is InChI=1S/C13H20ClNO/c1-2-12(14)8-9-15-10-11-16-13-6-4-3-5-7-13/h3-7,12,15H,2,8-11H2,1H3. The average molecular weight is 242 g/mol. The smallest absolute Gasteiger partial charge is 0.119 e. The summed E-state index contributed by atoms with van der Waals surface area (Å²) < 4.78 is 5.54. The Kier molecular flexibility index (Phi) is 7.02. The van der Waals surface area contributed by atoms with E-state index < -0.39 is 0 Å². The van der Waals surface area contributed by atoms with Crippen molar-refractivity contribution in [3.63, 3.8) is 0 Å². The van der Waals surface area contributed by atoms with E-state index in [1.807, 2.05) is 30.3 Å². The molecule has 0 aliphatic rings. The second-order valence-corrected chi connectivity index (χ2v) is 4.32. The molecule has 0 aromatic heterocycles. The second-order valence-electron chi connectivity index (χ2n) is 3.71. The SMILES string of the molecule is CCC(Cl)CCNCCOc1ccccc1. The van der Waals surface area contributed by atoms with Crippen LogP contribution in [0.1, 0.15) is 19.8 Å². The molecule has 0 amide bonds. The van der Waals surface area contributed by atoms with Gasteiger partial charge in [0.1, 0.15) is 12.4 Å². The van der Waals surface area contributed by atoms with Gasteiger partial charge >= 0.3 is 0 Å². The summed E-state index contributed by atoms with van der Waals surface area (Å²) in [7, 11) is 0. The van der Waals surface area contributed by atoms with Crippen molar-refractivity contribution in [2.45, 2.75) is 25.1 Å². The van der Waals surface area contributed by atoms with Crippen LogP contribution in [0, 0.1) is 0 Å². The molecule has 1 atom stereocenters. The molecule has 1 aromatic rings. The Bertz CT molecular complexity index is 266. The van der Waals surface area contributed by atoms with E-state index in [1.165, 1.54) is 0 Å². The summed E-state index contributed by atoms with van der Waals surface area (Å²) in [6.07, 6.45) is 2.05. The summed E-state index contributed by atoms with van der Waals surface area (Å²) in [5.41, 5.74) is 0. The van der Waals surface area contributed by atoms with Gasteiger partial charge in [0.2, 0.25) is 0 Å². The normalized spacial score (nSPS) is 12.4. The first-order valence-electron chi connectivity index (χ1n) is 5.85. The maximum absolute atomic E-state index is 6.00. The predicted molar refractivity (Wildman–Crippen MR) is 69.4 cm³/mol. The van der Waals surface area contributed by atoms with E-state index in [2.05, 4.69) is 12.2 Å². The Hall–Kier alpha value is -0.730. The van der Waals surface area contributed by atoms with Gasteiger partial charge < -0.3 is 10.1 Å². The van der Waals surface area contributed by atoms with Crippen LogP contribution in [0.25, 0.3) is 0 Å². The van der Waals surface area contributed by atoms with Crippen molar-refractivity contribution in [1.82, 2.24) is 5.32 Å². The number of alkyl halides is 1. The first-order chi connectivity index (χ1) is 7.83. The number of hydrogen-bond acceptors (Lipinski definition) is 2. The molecule has 0 radical (unpaired) electrons. The summed E-state index contributed by atoms with van der Waals surface area (Å²) >= 11 is 6.00. The van der Waals surface area contributed by atoms with Crippen LogP contribution in [-0.2, 0) is 0 Å². The van der Waals surface area contributed by atoms with E-state index >= 15 is 0 Å². The topological polar surface area (TPSA) is 21.3 Å². The maximum Gasteiger partial charge on any atom is 0.119 e. The van der Waals surface area contributed by atoms with E-state index in [0.29, 0.717) is 12.0 Å². The van der Waals surface area contributed by atoms with Crippen LogP contribution in [0.3, 0.4) is 0 Å². The number of ether oxygens (including phenoxy) is 1. The summed E-state index contributed by atoms with van der Waals surface area (Å²) in [6.45, 7) is 4.63. The Balaban J connectivity index is 1.96. The Morgan fingerprint density at radius 1 is 1.25 bits per heavy atom. The molecule has 1 N–H and O–H groups in total. The van der Waals surface area contributed by atoms with Crippen LogP contribution >= 0.6 is 11.6 Å². The number of halogens is 1. The molecule has 0 heterocycles. The van der Waals surface area contributed by atoms with Gasteiger partial charge in [0.25, 0.3) is 0 Å². The van der Waals surface area contributed by atoms with Gasteiger partial charge in [0.05, 0.1) is 0 Å². The van der Waals surface area contributed by atoms with Gasteiger partial charge in [-0.05, 0) is 31.5 Å². The minimum atomic E-state index is 0.294. The molecule has 1 unspecified atom stereocenters. The highest BCUT2D eigenvalue weighted by atomic mass is 35.5. The molecule has 90 valence electrons. The van der Waals surface area contributed by atoms with Gasteiger partial charge in [0, 0.05) is 11.9 Å². The molecule has 1 rings (SSSR count). The molecule has 16 heavy (non-hydrogen) atoms. The van der Waals surface area contributed by atoms with Crippen LogP contribution in [-0.4, -0.2) is 25.1 Å². The number of hydrogen-bond donors (Lipinski definition) is 1. The third-order valence-corrected chi connectivity index (χ3v) is 2.89. The van der Waals surface area contributed by atoms with Gasteiger partial charge in [-0.1, -0.05) is 25.1 Å². The number of nitrogens with one attached hydrogen (secondary N) is 1. The van der Waals surface area contributed by atoms with Crippen molar-refractivity contribution in [1.29, 1.82) is 0 Å². The summed E-state index contributed by atoms with van der Waals surface area (Å²) in [4.78, 5) is 0. The van der Waals surface area contributed by atoms with Crippen LogP contribution in [0.2, 0.25) is 0 Å². The van der Waals surface area contributed by atoms with Crippen LogP contribution in [0.15, 0.2) is 30.3 Å². The van der Waals surface area contributed by atoms with Crippen LogP contribution in [0.4, 0.5) is 0 Å². The predicted octanol–water partition coefficient (Wildman–Crippen LogP) is 3.06. The van der Waals surface area contributed by atoms with E-state index in [9.17, 15) is 0 Å². The second kappa shape index (κ2) is 8.43. The minimum absolute atomic E-state index is 0.294. The number of benzene rings is 1. The van der Waals surface area contributed by atoms with E-state index in [1.54, 1.807) is 0 Å². The van der Waals surface area contributed by atoms with Crippen molar-refractivity contribution in [3.8, 4) is 5.75 Å². The van der Waals surface area contributed by atoms with Gasteiger partial charge in [0.15, 0.2) is 0 Å². The summed E-state index contributed by atoms with van der Waals surface area (Å²) in [6, 6.07) is 9.86. The fourth-order valence-electron chi connectivity index (χ4n) is 1.35. The quantitative estimate of drug-likeness (QED) is 0.558. The molecule has 3 heteroatoms. The first-order valence-corrected chi connectivity index (χ1v) is 6.29. The zero-order valence-electron chi connectivity index (χ0n) is 9.79. The molecule has 0 saturated heterocycles. The zero-order chi connectivity index (χ0) is 11.6. The lowest BCUT2D eigenvalue weighted by Gasteiger charge is -2.09. The molecule has 0 fully saturated rings. The fourth-order valence-corrected chi connectivity index (χ4v) is 1.45. The Labute approximate surface area is 103 Å². The molecule has 1 aromatic carbocycles. The highest BCUT2D eigenvalue weighted by Gasteiger charge is 1.99. The monoisotopic (exact) mass is 241 g/mol. The third-order valence-electron chi connectivity index (χ3n) is 2.37. The highest BCUT2D eigenvalue weighted by Crippen LogP contribution is 2.07. The van der Waals surface area contributed by atoms with Crippen LogP contribution < -0.4 is 10.1 Å². The maximum atomic E-state index is 6.00. The lowest BCUT2D eigenvalue weighted by atomic mass is 10.2. The minimum Gasteiger partial charge on any atom is -0.492 e. The lowest BCUT2D eigenvalue weighted by molar-refractivity contribution is 0.313. The largest absolute Gasteiger partial charge is 0.492 e. The lowest BCUT2D eigenvalue weighted by Crippen LogP contribution is -2.23. The van der Waals surface area contributed by atoms with Gasteiger partial charge in [-0.3, -0.25) is 0 Å². The molecule has 0 saturated carbocycles. The summed E-state index contributed by atoms with van der Waals surface area (Å²) in [5, 5.41) is 3.61. The average Bonchev–Trinajstić information content (AvgIpc) is 2.34. The fraction of sp³-hybridized carbons (Fsp3) is 0.538. The van der Waals surface area contributed by atoms with Crippen LogP contribution in [0.5, 0.6) is 5.75 Å². The molecular formula is C13H20ClNO. The first kappa shape index (κ1) is 13.3. The molecule has 0 aliphatic heterocycles. The zero-order valence-corrected chi connectivity index (χ0v) is 10.5. The van der Waals surface area contributed by atoms with Gasteiger partial charge in [-0.25, -0.2) is 0 Å². The molecule has 0 aliphatic carbocycles. The van der Waals surface area contributed by atoms with E-state index in [4.69, 9.17) is 16.3 Å². The third kappa shape index (κ3) is 5.99. The number of para-hydroxylation sites is 1. The highest BCUT2D eigenvalue weighted by molar-refractivity contribution is 6.20. The Morgan fingerprint density at radius 3 is 2.69 bits per heavy atom. The van der Waals surface area contributed by atoms with Crippen molar-refractivity contribution >= 4 is 11.6 Å². The molecule has 0 bridgehead atoms. The molecule has 0 spiro atoms. The van der Waals surface area contributed by atoms with Crippen molar-refractivity contribution < 1.29 is 4.74 Å². The number of rotatable bonds is 8. The van der Waals surface area contributed by atoms with Gasteiger partial charge in [-0.2, -0.15) is 0 Å². The van der Waals surface area contributed by atoms with Crippen molar-refractivity contribution in [3.05, 3.63) is 30.3 Å². The van der Waals surface area contributed by atoms with E-state index in [0.717, 1.165) is 31.7 Å². The Morgan fingerprint density at radius 2 is 2.00 bits per heavy atom. The molecular weight excluding hydrogens is 222 g/mol. The van der Waals surface area contributed by atoms with Crippen molar-refractivity contribution in [2.24, 2.45) is 0 Å². The molecule has 2 nitrogen and oxygen atoms in total.